The predicted octanol–water partition coefficient (Wildman–Crippen LogP) is 3.90. The third kappa shape index (κ3) is 7.18. The standard InChI is InChI=1S/C22H18F5N5O4S/c23-13-2-3-14(15(24)10-13)20-30-31-21(37-20)29-19(34)12-1-4-17(36-22(25,26)27)16(9-12)28-18(33)11-32-5-7-35-8-6-32/h1-4,9-10H,5-8,11H2,(H,28,33)(H,29,31,34). The molecule has 1 aromatic heterocycles. The summed E-state index contributed by atoms with van der Waals surface area (Å²) in [6, 6.07) is 5.87. The SMILES string of the molecule is O=C(CN1CCOCC1)Nc1cc(C(=O)Nc2nnc(-c3ccc(F)cc3F)s2)ccc1OC(F)(F)F. The molecule has 2 N–H and O–H groups in total. The normalized spacial score (nSPS) is 14.3. The first-order valence-corrected chi connectivity index (χ1v) is 11.5. The van der Waals surface area contributed by atoms with Gasteiger partial charge in [-0.05, 0) is 30.3 Å². The lowest BCUT2D eigenvalue weighted by Crippen LogP contribution is -2.41. The summed E-state index contributed by atoms with van der Waals surface area (Å²) in [4.78, 5) is 26.9. The second-order valence-corrected chi connectivity index (χ2v) is 8.66. The molecule has 0 bridgehead atoms. The summed E-state index contributed by atoms with van der Waals surface area (Å²) in [7, 11) is 0. The quantitative estimate of drug-likeness (QED) is 0.436. The number of carbonyl (C=O) groups is 2. The van der Waals surface area contributed by atoms with E-state index >= 15 is 0 Å². The van der Waals surface area contributed by atoms with Crippen molar-refractivity contribution in [1.29, 1.82) is 0 Å². The number of alkyl halides is 3. The van der Waals surface area contributed by atoms with Crippen LogP contribution in [0.15, 0.2) is 36.4 Å². The second kappa shape index (κ2) is 11.1. The summed E-state index contributed by atoms with van der Waals surface area (Å²) in [6.07, 6.45) is -5.04. The Morgan fingerprint density at radius 2 is 1.81 bits per heavy atom. The van der Waals surface area contributed by atoms with Crippen LogP contribution in [0.3, 0.4) is 0 Å². The number of anilines is 2. The van der Waals surface area contributed by atoms with Crippen LogP contribution in [0.5, 0.6) is 5.75 Å². The molecule has 0 aliphatic carbocycles. The molecule has 1 fully saturated rings. The molecular formula is C22H18F5N5O4S. The molecule has 4 rings (SSSR count). The molecule has 0 radical (unpaired) electrons. The van der Waals surface area contributed by atoms with E-state index < -0.39 is 35.6 Å². The average Bonchev–Trinajstić information content (AvgIpc) is 3.28. The van der Waals surface area contributed by atoms with Crippen molar-refractivity contribution < 1.29 is 41.0 Å². The number of hydrogen-bond donors (Lipinski definition) is 2. The lowest BCUT2D eigenvalue weighted by atomic mass is 10.1. The number of benzene rings is 2. The Hall–Kier alpha value is -3.69. The number of morpholine rings is 1. The monoisotopic (exact) mass is 543 g/mol. The number of amides is 2. The molecule has 2 aromatic carbocycles. The molecule has 0 spiro atoms. The first kappa shape index (κ1) is 26.4. The smallest absolute Gasteiger partial charge is 0.404 e. The number of aromatic nitrogens is 2. The van der Waals surface area contributed by atoms with Gasteiger partial charge < -0.3 is 14.8 Å². The highest BCUT2D eigenvalue weighted by atomic mass is 32.1. The molecule has 1 aliphatic heterocycles. The van der Waals surface area contributed by atoms with Crippen LogP contribution in [0.2, 0.25) is 0 Å². The van der Waals surface area contributed by atoms with Crippen LogP contribution >= 0.6 is 11.3 Å². The molecular weight excluding hydrogens is 525 g/mol. The largest absolute Gasteiger partial charge is 0.573 e. The Kier molecular flexibility index (Phi) is 7.94. The number of rotatable bonds is 7. The molecule has 9 nitrogen and oxygen atoms in total. The van der Waals surface area contributed by atoms with Crippen molar-refractivity contribution in [3.8, 4) is 16.3 Å². The van der Waals surface area contributed by atoms with Crippen molar-refractivity contribution in [2.24, 2.45) is 0 Å². The van der Waals surface area contributed by atoms with Crippen molar-refractivity contribution in [3.63, 3.8) is 0 Å². The van der Waals surface area contributed by atoms with Crippen LogP contribution in [0.25, 0.3) is 10.6 Å². The summed E-state index contributed by atoms with van der Waals surface area (Å²) < 4.78 is 74.9. The maximum absolute atomic E-state index is 14.0. The Morgan fingerprint density at radius 3 is 2.51 bits per heavy atom. The van der Waals surface area contributed by atoms with Gasteiger partial charge in [-0.1, -0.05) is 11.3 Å². The van der Waals surface area contributed by atoms with E-state index in [9.17, 15) is 31.5 Å². The Morgan fingerprint density at radius 1 is 1.05 bits per heavy atom. The van der Waals surface area contributed by atoms with Gasteiger partial charge in [0.2, 0.25) is 11.0 Å². The van der Waals surface area contributed by atoms with Crippen LogP contribution < -0.4 is 15.4 Å². The maximum Gasteiger partial charge on any atom is 0.573 e. The molecule has 0 saturated carbocycles. The minimum absolute atomic E-state index is 0.0293. The van der Waals surface area contributed by atoms with Crippen molar-refractivity contribution in [3.05, 3.63) is 53.6 Å². The molecule has 15 heteroatoms. The molecule has 1 aliphatic rings. The number of ether oxygens (including phenoxy) is 2. The summed E-state index contributed by atoms with van der Waals surface area (Å²) in [5.74, 6) is -3.74. The number of hydrogen-bond acceptors (Lipinski definition) is 8. The lowest BCUT2D eigenvalue weighted by Gasteiger charge is -2.26. The van der Waals surface area contributed by atoms with Crippen molar-refractivity contribution in [2.45, 2.75) is 6.36 Å². The fourth-order valence-electron chi connectivity index (χ4n) is 3.35. The van der Waals surface area contributed by atoms with E-state index in [4.69, 9.17) is 4.74 Å². The number of halogens is 5. The van der Waals surface area contributed by atoms with Gasteiger partial charge in [0, 0.05) is 30.3 Å². The van der Waals surface area contributed by atoms with Crippen molar-refractivity contribution in [2.75, 3.05) is 43.5 Å². The van der Waals surface area contributed by atoms with E-state index in [-0.39, 0.29) is 33.5 Å². The first-order valence-electron chi connectivity index (χ1n) is 10.7. The van der Waals surface area contributed by atoms with Gasteiger partial charge in [-0.15, -0.1) is 23.4 Å². The number of nitrogens with zero attached hydrogens (tertiary/aromatic N) is 3. The predicted molar refractivity (Wildman–Crippen MR) is 122 cm³/mol. The van der Waals surface area contributed by atoms with Gasteiger partial charge in [0.15, 0.2) is 10.8 Å². The van der Waals surface area contributed by atoms with E-state index in [1.807, 2.05) is 0 Å². The molecule has 0 atom stereocenters. The van der Waals surface area contributed by atoms with Gasteiger partial charge in [0.05, 0.1) is 25.4 Å². The third-order valence-corrected chi connectivity index (χ3v) is 5.89. The summed E-state index contributed by atoms with van der Waals surface area (Å²) in [5, 5.41) is 12.3. The average molecular weight is 543 g/mol. The van der Waals surface area contributed by atoms with Crippen LogP contribution in [-0.4, -0.2) is 66.1 Å². The number of nitrogens with one attached hydrogen (secondary N) is 2. The Balaban J connectivity index is 1.50. The highest BCUT2D eigenvalue weighted by Gasteiger charge is 2.32. The number of carbonyl (C=O) groups excluding carboxylic acids is 2. The van der Waals surface area contributed by atoms with E-state index in [0.717, 1.165) is 35.6 Å². The highest BCUT2D eigenvalue weighted by molar-refractivity contribution is 7.18. The van der Waals surface area contributed by atoms with E-state index in [1.54, 1.807) is 4.90 Å². The Bertz CT molecular complexity index is 1300. The molecule has 196 valence electrons. The summed E-state index contributed by atoms with van der Waals surface area (Å²) in [6.45, 7) is 1.71. The van der Waals surface area contributed by atoms with Crippen molar-refractivity contribution >= 4 is 34.0 Å². The van der Waals surface area contributed by atoms with E-state index in [0.29, 0.717) is 32.4 Å². The molecule has 37 heavy (non-hydrogen) atoms. The first-order chi connectivity index (χ1) is 17.6. The fourth-order valence-corrected chi connectivity index (χ4v) is 4.12. The molecule has 2 heterocycles. The van der Waals surface area contributed by atoms with Crippen LogP contribution in [0.1, 0.15) is 10.4 Å². The topological polar surface area (TPSA) is 106 Å². The van der Waals surface area contributed by atoms with Crippen LogP contribution in [-0.2, 0) is 9.53 Å². The molecule has 2 amide bonds. The fraction of sp³-hybridized carbons (Fsp3) is 0.273. The van der Waals surface area contributed by atoms with Gasteiger partial charge in [-0.2, -0.15) is 0 Å². The summed E-state index contributed by atoms with van der Waals surface area (Å²) >= 11 is 0.799. The summed E-state index contributed by atoms with van der Waals surface area (Å²) in [5.41, 5.74) is -0.520. The van der Waals surface area contributed by atoms with Gasteiger partial charge in [0.1, 0.15) is 11.6 Å². The van der Waals surface area contributed by atoms with E-state index in [2.05, 4.69) is 25.6 Å². The third-order valence-electron chi connectivity index (χ3n) is 5.02. The molecule has 1 saturated heterocycles. The van der Waals surface area contributed by atoms with Gasteiger partial charge in [-0.3, -0.25) is 19.8 Å². The lowest BCUT2D eigenvalue weighted by molar-refractivity contribution is -0.274. The minimum Gasteiger partial charge on any atom is -0.404 e. The zero-order chi connectivity index (χ0) is 26.6. The van der Waals surface area contributed by atoms with Gasteiger partial charge in [0.25, 0.3) is 5.91 Å². The Labute approximate surface area is 210 Å². The van der Waals surface area contributed by atoms with E-state index in [1.165, 1.54) is 6.07 Å². The minimum atomic E-state index is -5.04. The second-order valence-electron chi connectivity index (χ2n) is 7.69. The maximum atomic E-state index is 14.0. The highest BCUT2D eigenvalue weighted by Crippen LogP contribution is 2.32. The molecule has 0 unspecified atom stereocenters. The van der Waals surface area contributed by atoms with Gasteiger partial charge in [-0.25, -0.2) is 8.78 Å². The van der Waals surface area contributed by atoms with Gasteiger partial charge >= 0.3 is 6.36 Å². The van der Waals surface area contributed by atoms with Crippen molar-refractivity contribution in [1.82, 2.24) is 15.1 Å². The van der Waals surface area contributed by atoms with Crippen LogP contribution in [0, 0.1) is 11.6 Å². The molecule has 3 aromatic rings. The van der Waals surface area contributed by atoms with Crippen LogP contribution in [0.4, 0.5) is 32.8 Å². The zero-order valence-corrected chi connectivity index (χ0v) is 19.6. The zero-order valence-electron chi connectivity index (χ0n) is 18.8.